The molecule has 6 nitrogen and oxygen atoms in total. The first-order chi connectivity index (χ1) is 11.0. The van der Waals surface area contributed by atoms with Gasteiger partial charge in [-0.2, -0.15) is 0 Å². The van der Waals surface area contributed by atoms with Gasteiger partial charge < -0.3 is 29.4 Å². The van der Waals surface area contributed by atoms with Crippen LogP contribution in [0.3, 0.4) is 0 Å². The first-order valence-corrected chi connectivity index (χ1v) is 7.91. The molecule has 2 fully saturated rings. The van der Waals surface area contributed by atoms with Crippen LogP contribution < -0.4 is 5.73 Å². The molecule has 0 spiro atoms. The van der Waals surface area contributed by atoms with Crippen molar-refractivity contribution in [2.45, 2.75) is 56.9 Å². The summed E-state index contributed by atoms with van der Waals surface area (Å²) >= 11 is 0. The van der Waals surface area contributed by atoms with Crippen molar-refractivity contribution in [3.63, 3.8) is 0 Å². The van der Waals surface area contributed by atoms with Gasteiger partial charge in [0.1, 0.15) is 18.3 Å². The fourth-order valence-electron chi connectivity index (χ4n) is 3.09. The second-order valence-corrected chi connectivity index (χ2v) is 6.45. The molecule has 0 saturated carbocycles. The lowest BCUT2D eigenvalue weighted by atomic mass is 10.0. The Labute approximate surface area is 136 Å². The molecule has 2 aliphatic heterocycles. The van der Waals surface area contributed by atoms with Crippen LogP contribution in [0, 0.1) is 0 Å². The lowest BCUT2D eigenvalue weighted by molar-refractivity contribution is -0.222. The second-order valence-electron chi connectivity index (χ2n) is 6.45. The number of methoxy groups -OCH3 is 1. The molecule has 2 saturated heterocycles. The smallest absolute Gasteiger partial charge is 0.190 e. The minimum Gasteiger partial charge on any atom is -0.383 e. The summed E-state index contributed by atoms with van der Waals surface area (Å²) in [6.07, 6.45) is -1.38. The predicted octanol–water partition coefficient (Wildman–Crippen LogP) is 1.42. The molecule has 6 heteroatoms. The van der Waals surface area contributed by atoms with E-state index in [1.54, 1.807) is 7.11 Å². The number of rotatable bonds is 6. The topological polar surface area (TPSA) is 72.2 Å². The van der Waals surface area contributed by atoms with Gasteiger partial charge in [-0.1, -0.05) is 30.3 Å². The van der Waals surface area contributed by atoms with Gasteiger partial charge in [-0.05, 0) is 19.4 Å². The molecule has 0 radical (unpaired) electrons. The minimum absolute atomic E-state index is 0.290. The second kappa shape index (κ2) is 6.84. The molecule has 2 aliphatic rings. The van der Waals surface area contributed by atoms with Crippen molar-refractivity contribution >= 4 is 0 Å². The Morgan fingerprint density at radius 3 is 2.65 bits per heavy atom. The Kier molecular flexibility index (Phi) is 5.01. The summed E-state index contributed by atoms with van der Waals surface area (Å²) in [5, 5.41) is 0. The van der Waals surface area contributed by atoms with Crippen LogP contribution >= 0.6 is 0 Å². The molecule has 128 valence electrons. The maximum absolute atomic E-state index is 6.18. The first-order valence-electron chi connectivity index (χ1n) is 7.91. The Morgan fingerprint density at radius 2 is 1.96 bits per heavy atom. The molecular weight excluding hydrogens is 298 g/mol. The number of benzene rings is 1. The Hall–Kier alpha value is -1.02. The van der Waals surface area contributed by atoms with E-state index in [2.05, 4.69) is 0 Å². The van der Waals surface area contributed by atoms with Gasteiger partial charge >= 0.3 is 0 Å². The van der Waals surface area contributed by atoms with E-state index in [-0.39, 0.29) is 24.4 Å². The monoisotopic (exact) mass is 323 g/mol. The van der Waals surface area contributed by atoms with Crippen LogP contribution in [0.25, 0.3) is 0 Å². The normalized spacial score (nSPS) is 33.6. The van der Waals surface area contributed by atoms with Crippen molar-refractivity contribution in [2.24, 2.45) is 5.73 Å². The lowest BCUT2D eigenvalue weighted by Crippen LogP contribution is -2.48. The average Bonchev–Trinajstić information content (AvgIpc) is 2.98. The van der Waals surface area contributed by atoms with Crippen LogP contribution in [0.15, 0.2) is 30.3 Å². The quantitative estimate of drug-likeness (QED) is 0.854. The van der Waals surface area contributed by atoms with Crippen molar-refractivity contribution in [3.8, 4) is 0 Å². The zero-order chi connectivity index (χ0) is 16.4. The third-order valence-electron chi connectivity index (χ3n) is 4.09. The number of hydrogen-bond acceptors (Lipinski definition) is 6. The van der Waals surface area contributed by atoms with Crippen LogP contribution in [-0.4, -0.2) is 50.1 Å². The third kappa shape index (κ3) is 3.74. The highest BCUT2D eigenvalue weighted by molar-refractivity contribution is 5.13. The SMILES string of the molecule is COC[C@@H](N)[C@H]1O[C@@H]2OC(C)(C)O[C@@H]2[C@H]1OCc1ccccc1. The van der Waals surface area contributed by atoms with Crippen molar-refractivity contribution < 1.29 is 23.7 Å². The van der Waals surface area contributed by atoms with Gasteiger partial charge in [0, 0.05) is 7.11 Å². The summed E-state index contributed by atoms with van der Waals surface area (Å²) in [7, 11) is 1.62. The van der Waals surface area contributed by atoms with Crippen molar-refractivity contribution in [2.75, 3.05) is 13.7 Å². The summed E-state index contributed by atoms with van der Waals surface area (Å²) < 4.78 is 29.0. The van der Waals surface area contributed by atoms with Crippen molar-refractivity contribution in [1.29, 1.82) is 0 Å². The minimum atomic E-state index is -0.681. The Bertz CT molecular complexity index is 509. The highest BCUT2D eigenvalue weighted by atomic mass is 16.8. The number of fused-ring (bicyclic) bond motifs is 1. The van der Waals surface area contributed by atoms with Crippen LogP contribution in [-0.2, 0) is 30.3 Å². The maximum Gasteiger partial charge on any atom is 0.190 e. The average molecular weight is 323 g/mol. The van der Waals surface area contributed by atoms with E-state index in [1.807, 2.05) is 44.2 Å². The lowest BCUT2D eigenvalue weighted by Gasteiger charge is -2.29. The predicted molar refractivity (Wildman–Crippen MR) is 83.6 cm³/mol. The van der Waals surface area contributed by atoms with Gasteiger partial charge in [0.15, 0.2) is 12.1 Å². The van der Waals surface area contributed by atoms with Gasteiger partial charge in [-0.15, -0.1) is 0 Å². The third-order valence-corrected chi connectivity index (χ3v) is 4.09. The van der Waals surface area contributed by atoms with Crippen LogP contribution in [0.5, 0.6) is 0 Å². The molecule has 0 unspecified atom stereocenters. The molecule has 5 atom stereocenters. The largest absolute Gasteiger partial charge is 0.383 e. The van der Waals surface area contributed by atoms with Crippen LogP contribution in [0.4, 0.5) is 0 Å². The standard InChI is InChI=1S/C17H25NO5/c1-17(2)22-15-14(20-9-11-7-5-4-6-8-11)13(12(18)10-19-3)21-16(15)23-17/h4-8,12-16H,9-10,18H2,1-3H3/t12-,13-,14+,15-,16-/m1/s1. The first kappa shape index (κ1) is 16.8. The molecule has 0 aromatic heterocycles. The van der Waals surface area contributed by atoms with Gasteiger partial charge in [0.05, 0.1) is 19.3 Å². The zero-order valence-corrected chi connectivity index (χ0v) is 13.8. The maximum atomic E-state index is 6.18. The fourth-order valence-corrected chi connectivity index (χ4v) is 3.09. The Morgan fingerprint density at radius 1 is 1.22 bits per heavy atom. The van der Waals surface area contributed by atoms with E-state index in [1.165, 1.54) is 0 Å². The number of nitrogens with two attached hydrogens (primary N) is 1. The summed E-state index contributed by atoms with van der Waals surface area (Å²) in [6, 6.07) is 9.69. The highest BCUT2D eigenvalue weighted by Crippen LogP contribution is 2.39. The molecule has 0 aliphatic carbocycles. The number of hydrogen-bond donors (Lipinski definition) is 1. The van der Waals surface area contributed by atoms with E-state index >= 15 is 0 Å². The zero-order valence-electron chi connectivity index (χ0n) is 13.8. The summed E-state index contributed by atoms with van der Waals surface area (Å²) in [5.41, 5.74) is 7.27. The van der Waals surface area contributed by atoms with Crippen LogP contribution in [0.2, 0.25) is 0 Å². The summed E-state index contributed by atoms with van der Waals surface area (Å²) in [6.45, 7) is 4.59. The number of ether oxygens (including phenoxy) is 5. The van der Waals surface area contributed by atoms with Gasteiger partial charge in [-0.25, -0.2) is 0 Å². The molecule has 0 amide bonds. The molecule has 2 heterocycles. The van der Waals surface area contributed by atoms with Crippen molar-refractivity contribution in [1.82, 2.24) is 0 Å². The molecule has 23 heavy (non-hydrogen) atoms. The molecule has 3 rings (SSSR count). The van der Waals surface area contributed by atoms with E-state index in [9.17, 15) is 0 Å². The van der Waals surface area contributed by atoms with Crippen LogP contribution in [0.1, 0.15) is 19.4 Å². The van der Waals surface area contributed by atoms with Gasteiger partial charge in [-0.3, -0.25) is 0 Å². The van der Waals surface area contributed by atoms with E-state index in [4.69, 9.17) is 29.4 Å². The molecule has 1 aromatic rings. The molecule has 1 aromatic carbocycles. The molecule has 2 N–H and O–H groups in total. The van der Waals surface area contributed by atoms with Crippen molar-refractivity contribution in [3.05, 3.63) is 35.9 Å². The van der Waals surface area contributed by atoms with E-state index < -0.39 is 12.1 Å². The van der Waals surface area contributed by atoms with E-state index in [0.717, 1.165) is 5.56 Å². The van der Waals surface area contributed by atoms with E-state index in [0.29, 0.717) is 13.2 Å². The van der Waals surface area contributed by atoms with Gasteiger partial charge in [0.25, 0.3) is 0 Å². The highest BCUT2D eigenvalue weighted by Gasteiger charge is 2.56. The summed E-state index contributed by atoms with van der Waals surface area (Å²) in [5.74, 6) is -0.681. The van der Waals surface area contributed by atoms with Gasteiger partial charge in [0.2, 0.25) is 0 Å². The molecule has 0 bridgehead atoms. The summed E-state index contributed by atoms with van der Waals surface area (Å²) in [4.78, 5) is 0. The molecular formula is C17H25NO5. The Balaban J connectivity index is 1.71. The fraction of sp³-hybridized carbons (Fsp3) is 0.647.